The number of halogens is 7. The molecule has 0 saturated carbocycles. The molecule has 0 unspecified atom stereocenters. The number of nitrogens with zero attached hydrogens (tertiary/aromatic N) is 1. The van der Waals surface area contributed by atoms with Crippen LogP contribution >= 0.6 is 0 Å². The van der Waals surface area contributed by atoms with Crippen molar-refractivity contribution in [1.82, 2.24) is 5.32 Å². The molecule has 118 valence electrons. The van der Waals surface area contributed by atoms with Gasteiger partial charge in [-0.3, -0.25) is 0 Å². The molecule has 21 heavy (non-hydrogen) atoms. The van der Waals surface area contributed by atoms with Crippen molar-refractivity contribution in [1.29, 1.82) is 0 Å². The first kappa shape index (κ1) is 15.9. The minimum Gasteiger partial charge on any atom is -0.368 e. The molecule has 1 saturated heterocycles. The van der Waals surface area contributed by atoms with Gasteiger partial charge in [0.25, 0.3) is 0 Å². The summed E-state index contributed by atoms with van der Waals surface area (Å²) in [6.45, 7) is 1.07. The van der Waals surface area contributed by atoms with Crippen LogP contribution in [0.5, 0.6) is 0 Å². The van der Waals surface area contributed by atoms with E-state index < -0.39 is 35.0 Å². The Morgan fingerprint density at radius 3 is 1.95 bits per heavy atom. The summed E-state index contributed by atoms with van der Waals surface area (Å²) in [5.41, 5.74) is -4.33. The molecular weight excluding hydrogens is 305 g/mol. The number of rotatable bonds is 1. The number of nitrogens with one attached hydrogen (secondary N) is 1. The monoisotopic (exact) mass is 316 g/mol. The average molecular weight is 316 g/mol. The lowest BCUT2D eigenvalue weighted by Crippen LogP contribution is -2.44. The van der Waals surface area contributed by atoms with Crippen molar-refractivity contribution < 1.29 is 30.7 Å². The van der Waals surface area contributed by atoms with Crippen molar-refractivity contribution >= 4 is 5.69 Å². The van der Waals surface area contributed by atoms with Gasteiger partial charge in [0.1, 0.15) is 11.4 Å². The quantitative estimate of drug-likeness (QED) is 0.800. The molecule has 0 amide bonds. The number of anilines is 1. The second-order valence-corrected chi connectivity index (χ2v) is 4.55. The molecule has 0 atom stereocenters. The largest absolute Gasteiger partial charge is 0.421 e. The van der Waals surface area contributed by atoms with Crippen LogP contribution in [0.15, 0.2) is 12.1 Å². The highest BCUT2D eigenvalue weighted by Gasteiger charge is 2.44. The molecule has 1 aliphatic rings. The van der Waals surface area contributed by atoms with E-state index in [1.165, 1.54) is 4.90 Å². The zero-order chi connectivity index (χ0) is 15.8. The molecular formula is C12H11F7N2. The first-order valence-corrected chi connectivity index (χ1v) is 6.05. The number of hydrogen-bond acceptors (Lipinski definition) is 2. The first-order valence-electron chi connectivity index (χ1n) is 6.05. The van der Waals surface area contributed by atoms with E-state index in [9.17, 15) is 30.7 Å². The lowest BCUT2D eigenvalue weighted by atomic mass is 10.0. The highest BCUT2D eigenvalue weighted by atomic mass is 19.4. The molecule has 9 heteroatoms. The Bertz CT molecular complexity index is 516. The number of piperazine rings is 1. The number of alkyl halides is 6. The number of benzene rings is 1. The maximum absolute atomic E-state index is 13.8. The highest BCUT2D eigenvalue weighted by Crippen LogP contribution is 2.43. The zero-order valence-corrected chi connectivity index (χ0v) is 10.6. The predicted molar refractivity (Wildman–Crippen MR) is 61.5 cm³/mol. The second kappa shape index (κ2) is 5.36. The molecule has 0 bridgehead atoms. The summed E-state index contributed by atoms with van der Waals surface area (Å²) in [5.74, 6) is -2.27. The van der Waals surface area contributed by atoms with Gasteiger partial charge in [-0.15, -0.1) is 0 Å². The minimum absolute atomic E-state index is 0.161. The van der Waals surface area contributed by atoms with Crippen LogP contribution in [0.25, 0.3) is 0 Å². The van der Waals surface area contributed by atoms with Crippen LogP contribution in [0.1, 0.15) is 11.1 Å². The standard InChI is InChI=1S/C12H11F7N2/c13-10-7(11(14,15)16)1-2-8(9(10)12(17,18)19)21-5-3-20-4-6-21/h1-2,20H,3-6H2. The summed E-state index contributed by atoms with van der Waals surface area (Å²) in [5, 5.41) is 2.90. The molecule has 2 rings (SSSR count). The molecule has 1 heterocycles. The fourth-order valence-electron chi connectivity index (χ4n) is 2.22. The molecule has 1 aromatic carbocycles. The van der Waals surface area contributed by atoms with Gasteiger partial charge in [-0.25, -0.2) is 4.39 Å². The number of hydrogen-bond donors (Lipinski definition) is 1. The van der Waals surface area contributed by atoms with Crippen LogP contribution in [-0.4, -0.2) is 26.2 Å². The molecule has 0 aliphatic carbocycles. The molecule has 2 nitrogen and oxygen atoms in total. The Kier molecular flexibility index (Phi) is 4.05. The van der Waals surface area contributed by atoms with E-state index in [0.717, 1.165) is 0 Å². The average Bonchev–Trinajstić information content (AvgIpc) is 2.36. The van der Waals surface area contributed by atoms with Crippen molar-refractivity contribution in [3.05, 3.63) is 29.1 Å². The van der Waals surface area contributed by atoms with Crippen LogP contribution in [-0.2, 0) is 12.4 Å². The van der Waals surface area contributed by atoms with Crippen molar-refractivity contribution in [3.8, 4) is 0 Å². The third-order valence-electron chi connectivity index (χ3n) is 3.17. The minimum atomic E-state index is -5.20. The van der Waals surface area contributed by atoms with Gasteiger partial charge in [0, 0.05) is 26.2 Å². The van der Waals surface area contributed by atoms with E-state index in [-0.39, 0.29) is 13.1 Å². The molecule has 1 aliphatic heterocycles. The molecule has 0 radical (unpaired) electrons. The highest BCUT2D eigenvalue weighted by molar-refractivity contribution is 5.58. The van der Waals surface area contributed by atoms with Crippen molar-refractivity contribution in [3.63, 3.8) is 0 Å². The van der Waals surface area contributed by atoms with E-state index >= 15 is 0 Å². The second-order valence-electron chi connectivity index (χ2n) is 4.55. The lowest BCUT2D eigenvalue weighted by molar-refractivity contribution is -0.147. The van der Waals surface area contributed by atoms with Gasteiger partial charge in [-0.05, 0) is 12.1 Å². The van der Waals surface area contributed by atoms with E-state index in [1.807, 2.05) is 0 Å². The van der Waals surface area contributed by atoms with Crippen LogP contribution in [0.2, 0.25) is 0 Å². The van der Waals surface area contributed by atoms with Crippen molar-refractivity contribution in [2.24, 2.45) is 0 Å². The summed E-state index contributed by atoms with van der Waals surface area (Å²) in [6, 6.07) is 1.03. The van der Waals surface area contributed by atoms with Crippen LogP contribution < -0.4 is 10.2 Å². The van der Waals surface area contributed by atoms with Gasteiger partial charge in [0.2, 0.25) is 0 Å². The Balaban J connectivity index is 2.58. The van der Waals surface area contributed by atoms with Crippen LogP contribution in [0, 0.1) is 5.82 Å². The third-order valence-corrected chi connectivity index (χ3v) is 3.17. The Hall–Kier alpha value is -1.51. The topological polar surface area (TPSA) is 15.3 Å². The molecule has 0 aromatic heterocycles. The SMILES string of the molecule is Fc1c(C(F)(F)F)ccc(N2CCNCC2)c1C(F)(F)F. The van der Waals surface area contributed by atoms with Gasteiger partial charge in [0.05, 0.1) is 11.3 Å². The van der Waals surface area contributed by atoms with Crippen LogP contribution in [0.4, 0.5) is 36.4 Å². The summed E-state index contributed by atoms with van der Waals surface area (Å²) >= 11 is 0. The lowest BCUT2D eigenvalue weighted by Gasteiger charge is -2.32. The Morgan fingerprint density at radius 2 is 1.48 bits per heavy atom. The molecule has 1 aromatic rings. The van der Waals surface area contributed by atoms with E-state index in [2.05, 4.69) is 5.32 Å². The van der Waals surface area contributed by atoms with Gasteiger partial charge in [0.15, 0.2) is 0 Å². The van der Waals surface area contributed by atoms with Crippen molar-refractivity contribution in [2.45, 2.75) is 12.4 Å². The normalized spacial score (nSPS) is 17.2. The maximum Gasteiger partial charge on any atom is 0.421 e. The smallest absolute Gasteiger partial charge is 0.368 e. The van der Waals surface area contributed by atoms with Gasteiger partial charge in [-0.1, -0.05) is 0 Å². The molecule has 1 N–H and O–H groups in total. The maximum atomic E-state index is 13.8. The first-order chi connectivity index (χ1) is 9.62. The molecule has 0 spiro atoms. The van der Waals surface area contributed by atoms with Gasteiger partial charge in [-0.2, -0.15) is 26.3 Å². The van der Waals surface area contributed by atoms with Gasteiger partial charge < -0.3 is 10.2 Å². The predicted octanol–water partition coefficient (Wildman–Crippen LogP) is 3.27. The molecule has 1 fully saturated rings. The van der Waals surface area contributed by atoms with E-state index in [1.54, 1.807) is 0 Å². The summed E-state index contributed by atoms with van der Waals surface area (Å²) < 4.78 is 90.4. The summed E-state index contributed by atoms with van der Waals surface area (Å²) in [7, 11) is 0. The van der Waals surface area contributed by atoms with Crippen LogP contribution in [0.3, 0.4) is 0 Å². The Morgan fingerprint density at radius 1 is 0.905 bits per heavy atom. The fourth-order valence-corrected chi connectivity index (χ4v) is 2.22. The van der Waals surface area contributed by atoms with E-state index in [4.69, 9.17) is 0 Å². The van der Waals surface area contributed by atoms with Gasteiger partial charge >= 0.3 is 12.4 Å². The van der Waals surface area contributed by atoms with Crippen molar-refractivity contribution in [2.75, 3.05) is 31.1 Å². The van der Waals surface area contributed by atoms with E-state index in [0.29, 0.717) is 25.2 Å². The summed E-state index contributed by atoms with van der Waals surface area (Å²) in [4.78, 5) is 1.22. The third kappa shape index (κ3) is 3.22. The fraction of sp³-hybridized carbons (Fsp3) is 0.500. The Labute approximate surface area is 115 Å². The zero-order valence-electron chi connectivity index (χ0n) is 10.6. The summed E-state index contributed by atoms with van der Waals surface area (Å²) in [6.07, 6.45) is -10.4.